The lowest BCUT2D eigenvalue weighted by atomic mass is 10.1. The van der Waals surface area contributed by atoms with E-state index in [9.17, 15) is 8.42 Å². The molecule has 0 amide bonds. The Bertz CT molecular complexity index is 690. The van der Waals surface area contributed by atoms with Crippen molar-refractivity contribution in [1.29, 1.82) is 0 Å². The number of thiophene rings is 1. The minimum atomic E-state index is -3.37. The van der Waals surface area contributed by atoms with Crippen LogP contribution in [0, 0.1) is 5.92 Å². The molecule has 0 bridgehead atoms. The Morgan fingerprint density at radius 3 is 2.43 bits per heavy atom. The van der Waals surface area contributed by atoms with Crippen LogP contribution in [-0.4, -0.2) is 15.5 Å². The van der Waals surface area contributed by atoms with Gasteiger partial charge in [0.2, 0.25) is 10.0 Å². The molecule has 1 aliphatic carbocycles. The topological polar surface area (TPSA) is 58.2 Å². The van der Waals surface area contributed by atoms with E-state index in [1.165, 1.54) is 24.8 Å². The number of nitrogens with one attached hydrogen (secondary N) is 2. The Balaban J connectivity index is 1.78. The maximum absolute atomic E-state index is 11.7. The van der Waals surface area contributed by atoms with Gasteiger partial charge in [-0.05, 0) is 61.5 Å². The van der Waals surface area contributed by atoms with E-state index in [2.05, 4.69) is 27.6 Å². The molecule has 1 aromatic carbocycles. The van der Waals surface area contributed by atoms with Crippen LogP contribution in [0.2, 0.25) is 0 Å². The number of benzene rings is 1. The van der Waals surface area contributed by atoms with Crippen molar-refractivity contribution in [3.8, 4) is 0 Å². The van der Waals surface area contributed by atoms with Crippen LogP contribution in [-0.2, 0) is 10.0 Å². The van der Waals surface area contributed by atoms with Gasteiger partial charge in [-0.3, -0.25) is 0 Å². The largest absolute Gasteiger partial charge is 0.377 e. The van der Waals surface area contributed by atoms with Gasteiger partial charge in [-0.2, -0.15) is 0 Å². The van der Waals surface area contributed by atoms with Gasteiger partial charge in [0.05, 0.1) is 10.9 Å². The summed E-state index contributed by atoms with van der Waals surface area (Å²) in [6, 6.07) is 11.5. The van der Waals surface area contributed by atoms with Crippen molar-refractivity contribution < 1.29 is 8.42 Å². The van der Waals surface area contributed by atoms with E-state index in [0.717, 1.165) is 5.69 Å². The Morgan fingerprint density at radius 1 is 1.19 bits per heavy atom. The summed E-state index contributed by atoms with van der Waals surface area (Å²) in [5, 5.41) is 5.63. The van der Waals surface area contributed by atoms with Gasteiger partial charge in [0, 0.05) is 10.6 Å². The Hall–Kier alpha value is -1.37. The third kappa shape index (κ3) is 3.28. The highest BCUT2D eigenvalue weighted by Gasteiger charge is 2.32. The van der Waals surface area contributed by atoms with Crippen molar-refractivity contribution in [3.05, 3.63) is 46.7 Å². The second-order valence-corrected chi connectivity index (χ2v) is 8.07. The monoisotopic (exact) mass is 322 g/mol. The molecule has 0 radical (unpaired) electrons. The molecule has 0 saturated heterocycles. The fraction of sp³-hybridized carbons (Fsp3) is 0.333. The molecule has 2 aromatic rings. The van der Waals surface area contributed by atoms with E-state index in [-0.39, 0.29) is 4.90 Å². The molecule has 1 atom stereocenters. The summed E-state index contributed by atoms with van der Waals surface area (Å²) >= 11 is 1.76. The zero-order valence-electron chi connectivity index (χ0n) is 11.7. The van der Waals surface area contributed by atoms with Crippen LogP contribution >= 0.6 is 11.3 Å². The summed E-state index contributed by atoms with van der Waals surface area (Å²) in [7, 11) is -1.95. The standard InChI is InChI=1S/C15H18N2O2S2/c1-16-21(18,19)13-8-6-12(7-9-13)17-15(11-4-5-11)14-3-2-10-20-14/h2-3,6-11,15-17H,4-5H2,1H3. The minimum absolute atomic E-state index is 0.287. The molecule has 112 valence electrons. The molecule has 3 rings (SSSR count). The molecule has 6 heteroatoms. The third-order valence-electron chi connectivity index (χ3n) is 3.70. The van der Waals surface area contributed by atoms with Gasteiger partial charge in [0.15, 0.2) is 0 Å². The van der Waals surface area contributed by atoms with Crippen LogP contribution in [0.15, 0.2) is 46.7 Å². The first-order valence-electron chi connectivity index (χ1n) is 6.94. The molecule has 21 heavy (non-hydrogen) atoms. The molecule has 1 heterocycles. The molecule has 1 saturated carbocycles. The van der Waals surface area contributed by atoms with Crippen molar-refractivity contribution in [2.75, 3.05) is 12.4 Å². The maximum atomic E-state index is 11.7. The van der Waals surface area contributed by atoms with Gasteiger partial charge in [0.1, 0.15) is 0 Å². The van der Waals surface area contributed by atoms with Gasteiger partial charge in [-0.1, -0.05) is 6.07 Å². The highest BCUT2D eigenvalue weighted by atomic mass is 32.2. The number of hydrogen-bond donors (Lipinski definition) is 2. The first-order chi connectivity index (χ1) is 10.1. The summed E-state index contributed by atoms with van der Waals surface area (Å²) in [5.74, 6) is 0.685. The van der Waals surface area contributed by atoms with Crippen LogP contribution in [0.25, 0.3) is 0 Å². The predicted molar refractivity (Wildman–Crippen MR) is 86.1 cm³/mol. The first-order valence-corrected chi connectivity index (χ1v) is 9.30. The van der Waals surface area contributed by atoms with Crippen molar-refractivity contribution in [2.45, 2.75) is 23.8 Å². The average molecular weight is 322 g/mol. The van der Waals surface area contributed by atoms with E-state index in [4.69, 9.17) is 0 Å². The summed E-state index contributed by atoms with van der Waals surface area (Å²) in [4.78, 5) is 1.62. The second kappa shape index (κ2) is 5.79. The molecule has 1 fully saturated rings. The Morgan fingerprint density at radius 2 is 1.90 bits per heavy atom. The smallest absolute Gasteiger partial charge is 0.240 e. The fourth-order valence-electron chi connectivity index (χ4n) is 2.35. The lowest BCUT2D eigenvalue weighted by Gasteiger charge is -2.18. The second-order valence-electron chi connectivity index (χ2n) is 5.21. The molecule has 2 N–H and O–H groups in total. The quantitative estimate of drug-likeness (QED) is 0.858. The van der Waals surface area contributed by atoms with Crippen molar-refractivity contribution in [1.82, 2.24) is 4.72 Å². The van der Waals surface area contributed by atoms with E-state index in [1.807, 2.05) is 12.1 Å². The number of hydrogen-bond acceptors (Lipinski definition) is 4. The number of sulfonamides is 1. The summed E-state index contributed by atoms with van der Waals surface area (Å²) in [5.41, 5.74) is 0.954. The van der Waals surface area contributed by atoms with E-state index < -0.39 is 10.0 Å². The molecule has 0 spiro atoms. The normalized spacial score (nSPS) is 16.6. The van der Waals surface area contributed by atoms with Gasteiger partial charge in [-0.25, -0.2) is 13.1 Å². The highest BCUT2D eigenvalue weighted by Crippen LogP contribution is 2.44. The molecular formula is C15H18N2O2S2. The zero-order valence-corrected chi connectivity index (χ0v) is 13.4. The fourth-order valence-corrected chi connectivity index (χ4v) is 3.95. The summed E-state index contributed by atoms with van der Waals surface area (Å²) in [6.07, 6.45) is 2.50. The first kappa shape index (κ1) is 14.6. The lowest BCUT2D eigenvalue weighted by molar-refractivity contribution is 0.588. The Labute approximate surface area is 129 Å². The molecule has 1 unspecified atom stereocenters. The highest BCUT2D eigenvalue weighted by molar-refractivity contribution is 7.89. The molecular weight excluding hydrogens is 304 g/mol. The van der Waals surface area contributed by atoms with E-state index in [0.29, 0.717) is 12.0 Å². The molecule has 1 aliphatic rings. The van der Waals surface area contributed by atoms with E-state index >= 15 is 0 Å². The zero-order chi connectivity index (χ0) is 14.9. The third-order valence-corrected chi connectivity index (χ3v) is 6.08. The Kier molecular flexibility index (Phi) is 4.01. The van der Waals surface area contributed by atoms with Gasteiger partial charge < -0.3 is 5.32 Å². The van der Waals surface area contributed by atoms with Crippen molar-refractivity contribution in [3.63, 3.8) is 0 Å². The van der Waals surface area contributed by atoms with Crippen LogP contribution in [0.4, 0.5) is 5.69 Å². The van der Waals surface area contributed by atoms with Crippen LogP contribution in [0.5, 0.6) is 0 Å². The average Bonchev–Trinajstić information content (AvgIpc) is 3.19. The van der Waals surface area contributed by atoms with Gasteiger partial charge in [-0.15, -0.1) is 11.3 Å². The van der Waals surface area contributed by atoms with Crippen LogP contribution in [0.1, 0.15) is 23.8 Å². The number of rotatable bonds is 6. The summed E-state index contributed by atoms with van der Waals surface area (Å²) < 4.78 is 25.7. The van der Waals surface area contributed by atoms with Crippen LogP contribution < -0.4 is 10.0 Å². The molecule has 1 aromatic heterocycles. The van der Waals surface area contributed by atoms with Gasteiger partial charge >= 0.3 is 0 Å². The number of anilines is 1. The lowest BCUT2D eigenvalue weighted by Crippen LogP contribution is -2.18. The predicted octanol–water partition coefficient (Wildman–Crippen LogP) is 3.22. The minimum Gasteiger partial charge on any atom is -0.377 e. The molecule has 4 nitrogen and oxygen atoms in total. The van der Waals surface area contributed by atoms with E-state index in [1.54, 1.807) is 23.5 Å². The SMILES string of the molecule is CNS(=O)(=O)c1ccc(NC(c2cccs2)C2CC2)cc1. The molecule has 0 aliphatic heterocycles. The van der Waals surface area contributed by atoms with Crippen LogP contribution in [0.3, 0.4) is 0 Å². The van der Waals surface area contributed by atoms with Crippen molar-refractivity contribution in [2.24, 2.45) is 5.92 Å². The van der Waals surface area contributed by atoms with Crippen molar-refractivity contribution >= 4 is 27.0 Å². The maximum Gasteiger partial charge on any atom is 0.240 e. The van der Waals surface area contributed by atoms with Gasteiger partial charge in [0.25, 0.3) is 0 Å². The summed E-state index contributed by atoms with van der Waals surface area (Å²) in [6.45, 7) is 0.